The summed E-state index contributed by atoms with van der Waals surface area (Å²) in [7, 11) is 0. The van der Waals surface area contributed by atoms with Crippen LogP contribution in [0.4, 0.5) is 0 Å². The second-order valence-corrected chi connectivity index (χ2v) is 6.43. The molecule has 1 aliphatic rings. The number of carbonyl (C=O) groups excluding carboxylic acids is 2. The Kier molecular flexibility index (Phi) is 4.46. The molecule has 0 aromatic carbocycles. The first kappa shape index (κ1) is 14.3. The third-order valence-electron chi connectivity index (χ3n) is 3.19. The monoisotopic (exact) mass is 299 g/mol. The summed E-state index contributed by atoms with van der Waals surface area (Å²) < 4.78 is 0. The highest BCUT2D eigenvalue weighted by Crippen LogP contribution is 2.45. The molecule has 1 fully saturated rings. The van der Waals surface area contributed by atoms with E-state index in [0.717, 1.165) is 16.5 Å². The maximum absolute atomic E-state index is 11.8. The smallest absolute Gasteiger partial charge is 0.235 e. The number of amides is 2. The Hall–Kier alpha value is -1.08. The van der Waals surface area contributed by atoms with Crippen molar-refractivity contribution >= 4 is 34.9 Å². The van der Waals surface area contributed by atoms with Crippen LogP contribution in [-0.2, 0) is 21.8 Å². The summed E-state index contributed by atoms with van der Waals surface area (Å²) in [6.07, 6.45) is 3.87. The highest BCUT2D eigenvalue weighted by atomic mass is 32.2. The van der Waals surface area contributed by atoms with Gasteiger partial charge in [0.25, 0.3) is 0 Å². The fraction of sp³-hybridized carbons (Fsp3) is 0.583. The topological polar surface area (TPSA) is 85.1 Å². The summed E-state index contributed by atoms with van der Waals surface area (Å²) in [5, 5.41) is 5.89. The highest BCUT2D eigenvalue weighted by Gasteiger charge is 2.55. The molecule has 1 aromatic heterocycles. The van der Waals surface area contributed by atoms with E-state index in [4.69, 9.17) is 5.73 Å². The van der Waals surface area contributed by atoms with Gasteiger partial charge >= 0.3 is 0 Å². The van der Waals surface area contributed by atoms with Crippen LogP contribution >= 0.6 is 23.1 Å². The zero-order valence-electron chi connectivity index (χ0n) is 10.8. The Labute approximate surface area is 120 Å². The molecule has 0 unspecified atom stereocenters. The van der Waals surface area contributed by atoms with Crippen LogP contribution in [-0.4, -0.2) is 29.6 Å². The van der Waals surface area contributed by atoms with Gasteiger partial charge in [-0.3, -0.25) is 9.59 Å². The Balaban J connectivity index is 1.77. The summed E-state index contributed by atoms with van der Waals surface area (Å²) >= 11 is 3.38. The van der Waals surface area contributed by atoms with Crippen LogP contribution < -0.4 is 11.1 Å². The van der Waals surface area contributed by atoms with Gasteiger partial charge < -0.3 is 11.1 Å². The zero-order valence-corrected chi connectivity index (χ0v) is 12.4. The lowest BCUT2D eigenvalue weighted by atomic mass is 10.1. The molecule has 2 rings (SSSR count). The quantitative estimate of drug-likeness (QED) is 0.734. The van der Waals surface area contributed by atoms with Gasteiger partial charge in [-0.1, -0.05) is 0 Å². The van der Waals surface area contributed by atoms with Crippen molar-refractivity contribution in [3.05, 3.63) is 16.1 Å². The number of hydrogen-bond acceptors (Lipinski definition) is 5. The molecule has 0 radical (unpaired) electrons. The standard InChI is InChI=1S/C12H17N3O2S2/c1-18-7-9-15-8(6-19-9)2-5-14-11(17)12(3-4-12)10(13)16/h6H,2-5,7H2,1H3,(H2,13,16)(H,14,17). The summed E-state index contributed by atoms with van der Waals surface area (Å²) in [5.41, 5.74) is 5.30. The molecule has 5 nitrogen and oxygen atoms in total. The first-order chi connectivity index (χ1) is 9.08. The fourth-order valence-corrected chi connectivity index (χ4v) is 3.39. The molecule has 0 aliphatic heterocycles. The minimum atomic E-state index is -0.925. The number of nitrogens with two attached hydrogens (primary N) is 1. The molecule has 0 bridgehead atoms. The second-order valence-electron chi connectivity index (χ2n) is 4.62. The number of nitrogens with zero attached hydrogens (tertiary/aromatic N) is 1. The van der Waals surface area contributed by atoms with Crippen molar-refractivity contribution < 1.29 is 9.59 Å². The summed E-state index contributed by atoms with van der Waals surface area (Å²) in [6.45, 7) is 0.496. The minimum Gasteiger partial charge on any atom is -0.369 e. The van der Waals surface area contributed by atoms with E-state index in [0.29, 0.717) is 25.8 Å². The van der Waals surface area contributed by atoms with Crippen LogP contribution in [0.25, 0.3) is 0 Å². The molecule has 1 aromatic rings. The first-order valence-corrected chi connectivity index (χ1v) is 8.36. The normalized spacial score (nSPS) is 16.1. The lowest BCUT2D eigenvalue weighted by Crippen LogP contribution is -2.41. The Morgan fingerprint density at radius 3 is 2.89 bits per heavy atom. The molecule has 19 heavy (non-hydrogen) atoms. The maximum Gasteiger partial charge on any atom is 0.235 e. The lowest BCUT2D eigenvalue weighted by molar-refractivity contribution is -0.135. The average Bonchev–Trinajstić information content (AvgIpc) is 3.08. The van der Waals surface area contributed by atoms with Gasteiger partial charge in [0.05, 0.1) is 5.69 Å². The number of carbonyl (C=O) groups is 2. The fourth-order valence-electron chi connectivity index (χ4n) is 1.84. The maximum atomic E-state index is 11.8. The van der Waals surface area contributed by atoms with Gasteiger partial charge in [0, 0.05) is 24.1 Å². The number of thioether (sulfide) groups is 1. The lowest BCUT2D eigenvalue weighted by Gasteiger charge is -2.10. The van der Waals surface area contributed by atoms with E-state index >= 15 is 0 Å². The minimum absolute atomic E-state index is 0.237. The van der Waals surface area contributed by atoms with E-state index < -0.39 is 11.3 Å². The van der Waals surface area contributed by atoms with Crippen molar-refractivity contribution in [2.24, 2.45) is 11.1 Å². The molecule has 1 saturated carbocycles. The summed E-state index contributed by atoms with van der Waals surface area (Å²) in [5.74, 6) is 0.169. The second kappa shape index (κ2) is 5.92. The molecule has 3 N–H and O–H groups in total. The Morgan fingerprint density at radius 1 is 1.58 bits per heavy atom. The molecule has 1 aliphatic carbocycles. The number of nitrogens with one attached hydrogen (secondary N) is 1. The predicted octanol–water partition coefficient (Wildman–Crippen LogP) is 0.930. The molecular weight excluding hydrogens is 282 g/mol. The predicted molar refractivity (Wildman–Crippen MR) is 76.9 cm³/mol. The van der Waals surface area contributed by atoms with E-state index in [9.17, 15) is 9.59 Å². The van der Waals surface area contributed by atoms with Gasteiger partial charge in [0.1, 0.15) is 10.4 Å². The van der Waals surface area contributed by atoms with Crippen molar-refractivity contribution in [2.75, 3.05) is 12.8 Å². The molecule has 7 heteroatoms. The number of primary amides is 1. The highest BCUT2D eigenvalue weighted by molar-refractivity contribution is 7.97. The van der Waals surface area contributed by atoms with E-state index in [1.54, 1.807) is 23.1 Å². The average molecular weight is 299 g/mol. The Bertz CT molecular complexity index is 483. The van der Waals surface area contributed by atoms with Crippen LogP contribution in [0.5, 0.6) is 0 Å². The van der Waals surface area contributed by atoms with Gasteiger partial charge in [0.15, 0.2) is 0 Å². The summed E-state index contributed by atoms with van der Waals surface area (Å²) in [6, 6.07) is 0. The number of thiazole rings is 1. The molecular formula is C12H17N3O2S2. The van der Waals surface area contributed by atoms with Crippen LogP contribution in [0, 0.1) is 5.41 Å². The van der Waals surface area contributed by atoms with Crippen LogP contribution in [0.15, 0.2) is 5.38 Å². The van der Waals surface area contributed by atoms with Gasteiger partial charge in [-0.05, 0) is 19.1 Å². The van der Waals surface area contributed by atoms with Gasteiger partial charge in [-0.15, -0.1) is 11.3 Å². The van der Waals surface area contributed by atoms with E-state index in [-0.39, 0.29) is 5.91 Å². The third-order valence-corrected chi connectivity index (χ3v) is 4.83. The number of hydrogen-bond donors (Lipinski definition) is 2. The number of rotatable bonds is 7. The van der Waals surface area contributed by atoms with Crippen molar-refractivity contribution in [3.63, 3.8) is 0 Å². The SMILES string of the molecule is CSCc1nc(CCNC(=O)C2(C(N)=O)CC2)cs1. The van der Waals surface area contributed by atoms with Crippen LogP contribution in [0.2, 0.25) is 0 Å². The largest absolute Gasteiger partial charge is 0.369 e. The Morgan fingerprint density at radius 2 is 2.32 bits per heavy atom. The molecule has 104 valence electrons. The third kappa shape index (κ3) is 3.27. The van der Waals surface area contributed by atoms with Gasteiger partial charge in [-0.25, -0.2) is 4.98 Å². The molecule has 2 amide bonds. The molecule has 0 atom stereocenters. The summed E-state index contributed by atoms with van der Waals surface area (Å²) in [4.78, 5) is 27.5. The zero-order chi connectivity index (χ0) is 13.9. The van der Waals surface area contributed by atoms with Crippen LogP contribution in [0.3, 0.4) is 0 Å². The van der Waals surface area contributed by atoms with E-state index in [1.165, 1.54) is 0 Å². The van der Waals surface area contributed by atoms with E-state index in [1.807, 2.05) is 11.6 Å². The van der Waals surface area contributed by atoms with Crippen LogP contribution in [0.1, 0.15) is 23.5 Å². The molecule has 0 saturated heterocycles. The number of aromatic nitrogens is 1. The van der Waals surface area contributed by atoms with Crippen molar-refractivity contribution in [1.29, 1.82) is 0 Å². The van der Waals surface area contributed by atoms with Crippen molar-refractivity contribution in [3.8, 4) is 0 Å². The van der Waals surface area contributed by atoms with Gasteiger partial charge in [0.2, 0.25) is 11.8 Å². The van der Waals surface area contributed by atoms with Crippen molar-refractivity contribution in [2.45, 2.75) is 25.0 Å². The molecule has 1 heterocycles. The van der Waals surface area contributed by atoms with Crippen molar-refractivity contribution in [1.82, 2.24) is 10.3 Å². The molecule has 0 spiro atoms. The van der Waals surface area contributed by atoms with E-state index in [2.05, 4.69) is 10.3 Å². The van der Waals surface area contributed by atoms with Gasteiger partial charge in [-0.2, -0.15) is 11.8 Å². The first-order valence-electron chi connectivity index (χ1n) is 6.09.